The van der Waals surface area contributed by atoms with Gasteiger partial charge < -0.3 is 9.84 Å². The normalized spacial score (nSPS) is 17.1. The Morgan fingerprint density at radius 2 is 1.95 bits per heavy atom. The molecule has 5 rings (SSSR count). The van der Waals surface area contributed by atoms with Gasteiger partial charge in [0, 0.05) is 10.6 Å². The number of rotatable bonds is 7. The van der Waals surface area contributed by atoms with Gasteiger partial charge >= 0.3 is 5.91 Å². The average molecular weight is 537 g/mol. The SMILES string of the molecule is CCCCOc1cccc(/C(O)=C2\C(=O)C(=O)N(c3nc4ccc(F)cc4s3)C2c2cccc(Cl)c2)c1. The summed E-state index contributed by atoms with van der Waals surface area (Å²) in [6, 6.07) is 16.6. The first kappa shape index (κ1) is 24.9. The van der Waals surface area contributed by atoms with Gasteiger partial charge in [-0.15, -0.1) is 0 Å². The van der Waals surface area contributed by atoms with Crippen molar-refractivity contribution < 1.29 is 23.8 Å². The van der Waals surface area contributed by atoms with E-state index in [0.717, 1.165) is 24.2 Å². The molecule has 1 N–H and O–H groups in total. The molecule has 0 bridgehead atoms. The summed E-state index contributed by atoms with van der Waals surface area (Å²) in [6.45, 7) is 2.58. The number of Topliss-reactive ketones (excluding diaryl/α,β-unsaturated/α-hetero) is 1. The van der Waals surface area contributed by atoms with Crippen molar-refractivity contribution >= 4 is 55.7 Å². The molecule has 4 aromatic rings. The molecule has 1 amide bonds. The standard InChI is InChI=1S/C28H22ClFN2O4S/c1-2-3-12-36-20-9-5-7-17(14-20)25(33)23-24(16-6-4-8-18(29)13-16)32(27(35)26(23)34)28-31-21-11-10-19(30)15-22(21)37-28/h4-11,13-15,24,33H,2-3,12H2,1H3/b25-23+. The second-order valence-electron chi connectivity index (χ2n) is 8.56. The first-order chi connectivity index (χ1) is 17.9. The Morgan fingerprint density at radius 3 is 2.73 bits per heavy atom. The highest BCUT2D eigenvalue weighted by Gasteiger charge is 2.48. The van der Waals surface area contributed by atoms with E-state index in [2.05, 4.69) is 11.9 Å². The lowest BCUT2D eigenvalue weighted by Gasteiger charge is -2.23. The number of ether oxygens (including phenoxy) is 1. The number of anilines is 1. The van der Waals surface area contributed by atoms with E-state index in [-0.39, 0.29) is 16.5 Å². The van der Waals surface area contributed by atoms with Gasteiger partial charge in [-0.25, -0.2) is 9.37 Å². The highest BCUT2D eigenvalue weighted by atomic mass is 35.5. The Morgan fingerprint density at radius 1 is 1.14 bits per heavy atom. The van der Waals surface area contributed by atoms with E-state index in [9.17, 15) is 19.1 Å². The van der Waals surface area contributed by atoms with Gasteiger partial charge in [-0.3, -0.25) is 14.5 Å². The molecule has 6 nitrogen and oxygen atoms in total. The molecule has 1 aliphatic rings. The zero-order chi connectivity index (χ0) is 26.1. The van der Waals surface area contributed by atoms with Crippen LogP contribution < -0.4 is 9.64 Å². The number of carbonyl (C=O) groups excluding carboxylic acids is 2. The molecular weight excluding hydrogens is 515 g/mol. The third-order valence-electron chi connectivity index (χ3n) is 6.03. The Labute approximate surface area is 221 Å². The largest absolute Gasteiger partial charge is 0.507 e. The highest BCUT2D eigenvalue weighted by molar-refractivity contribution is 7.22. The van der Waals surface area contributed by atoms with Crippen LogP contribution in [0.4, 0.5) is 9.52 Å². The van der Waals surface area contributed by atoms with E-state index < -0.39 is 23.5 Å². The van der Waals surface area contributed by atoms with Crippen molar-refractivity contribution in [3.8, 4) is 5.75 Å². The number of ketones is 1. The Bertz CT molecular complexity index is 1550. The number of aliphatic hydroxyl groups is 1. The molecule has 1 saturated heterocycles. The van der Waals surface area contributed by atoms with Crippen LogP contribution in [0.15, 0.2) is 72.3 Å². The van der Waals surface area contributed by atoms with Crippen LogP contribution in [-0.2, 0) is 9.59 Å². The third-order valence-corrected chi connectivity index (χ3v) is 7.28. The molecule has 0 aliphatic carbocycles. The van der Waals surface area contributed by atoms with Crippen molar-refractivity contribution in [3.63, 3.8) is 0 Å². The van der Waals surface area contributed by atoms with Crippen LogP contribution in [0.3, 0.4) is 0 Å². The van der Waals surface area contributed by atoms with Gasteiger partial charge in [-0.2, -0.15) is 0 Å². The monoisotopic (exact) mass is 536 g/mol. The first-order valence-corrected chi connectivity index (χ1v) is 12.9. The quantitative estimate of drug-likeness (QED) is 0.120. The van der Waals surface area contributed by atoms with Gasteiger partial charge in [0.15, 0.2) is 5.13 Å². The van der Waals surface area contributed by atoms with Gasteiger partial charge in [0.25, 0.3) is 5.78 Å². The number of carbonyl (C=O) groups is 2. The molecule has 3 aromatic carbocycles. The van der Waals surface area contributed by atoms with Crippen LogP contribution in [0, 0.1) is 5.82 Å². The van der Waals surface area contributed by atoms with Gasteiger partial charge in [-0.1, -0.05) is 60.5 Å². The van der Waals surface area contributed by atoms with E-state index >= 15 is 0 Å². The van der Waals surface area contributed by atoms with E-state index in [1.807, 2.05) is 0 Å². The minimum absolute atomic E-state index is 0.0941. The molecule has 1 atom stereocenters. The van der Waals surface area contributed by atoms with E-state index in [1.54, 1.807) is 48.5 Å². The molecule has 2 heterocycles. The maximum Gasteiger partial charge on any atom is 0.301 e. The maximum absolute atomic E-state index is 13.8. The summed E-state index contributed by atoms with van der Waals surface area (Å²) in [4.78, 5) is 32.5. The number of thiazole rings is 1. The molecule has 1 aromatic heterocycles. The summed E-state index contributed by atoms with van der Waals surface area (Å²) in [6.07, 6.45) is 1.85. The summed E-state index contributed by atoms with van der Waals surface area (Å²) in [5.41, 5.74) is 1.26. The molecule has 1 aliphatic heterocycles. The lowest BCUT2D eigenvalue weighted by atomic mass is 9.95. The Hall–Kier alpha value is -3.75. The molecule has 9 heteroatoms. The van der Waals surface area contributed by atoms with Crippen LogP contribution >= 0.6 is 22.9 Å². The third kappa shape index (κ3) is 4.82. The van der Waals surface area contributed by atoms with E-state index in [4.69, 9.17) is 16.3 Å². The van der Waals surface area contributed by atoms with E-state index in [1.165, 1.54) is 23.1 Å². The van der Waals surface area contributed by atoms with Crippen LogP contribution in [-0.4, -0.2) is 28.4 Å². The van der Waals surface area contributed by atoms with Crippen molar-refractivity contribution in [2.45, 2.75) is 25.8 Å². The lowest BCUT2D eigenvalue weighted by Crippen LogP contribution is -2.29. The van der Waals surface area contributed by atoms with Crippen molar-refractivity contribution in [1.29, 1.82) is 0 Å². The summed E-state index contributed by atoms with van der Waals surface area (Å²) >= 11 is 7.34. The van der Waals surface area contributed by atoms with Crippen molar-refractivity contribution in [1.82, 2.24) is 4.98 Å². The zero-order valence-electron chi connectivity index (χ0n) is 19.8. The number of aromatic nitrogens is 1. The number of halogens is 2. The van der Waals surface area contributed by atoms with Crippen LogP contribution in [0.2, 0.25) is 5.02 Å². The number of hydrogen-bond donors (Lipinski definition) is 1. The van der Waals surface area contributed by atoms with Crippen LogP contribution in [0.5, 0.6) is 5.75 Å². The predicted octanol–water partition coefficient (Wildman–Crippen LogP) is 6.89. The smallest absolute Gasteiger partial charge is 0.301 e. The zero-order valence-corrected chi connectivity index (χ0v) is 21.4. The summed E-state index contributed by atoms with van der Waals surface area (Å²) in [5, 5.41) is 12.0. The molecular formula is C28H22ClFN2O4S. The summed E-state index contributed by atoms with van der Waals surface area (Å²) in [5.74, 6) is -1.93. The topological polar surface area (TPSA) is 79.7 Å². The second kappa shape index (κ2) is 10.3. The summed E-state index contributed by atoms with van der Waals surface area (Å²) < 4.78 is 20.1. The molecule has 37 heavy (non-hydrogen) atoms. The van der Waals surface area contributed by atoms with Gasteiger partial charge in [0.05, 0.1) is 28.4 Å². The Balaban J connectivity index is 1.65. The second-order valence-corrected chi connectivity index (χ2v) is 10.0. The number of unbranched alkanes of at least 4 members (excludes halogenated alkanes) is 1. The lowest BCUT2D eigenvalue weighted by molar-refractivity contribution is -0.132. The van der Waals surface area contributed by atoms with Gasteiger partial charge in [0.1, 0.15) is 17.3 Å². The molecule has 1 unspecified atom stereocenters. The molecule has 188 valence electrons. The molecule has 0 spiro atoms. The maximum atomic E-state index is 13.8. The van der Waals surface area contributed by atoms with Crippen LogP contribution in [0.1, 0.15) is 36.9 Å². The van der Waals surface area contributed by atoms with Crippen molar-refractivity contribution in [3.05, 3.63) is 94.3 Å². The molecule has 0 radical (unpaired) electrons. The van der Waals surface area contributed by atoms with Gasteiger partial charge in [0.2, 0.25) is 0 Å². The fourth-order valence-electron chi connectivity index (χ4n) is 4.23. The van der Waals surface area contributed by atoms with E-state index in [0.29, 0.717) is 38.7 Å². The minimum Gasteiger partial charge on any atom is -0.507 e. The highest BCUT2D eigenvalue weighted by Crippen LogP contribution is 2.44. The number of benzene rings is 3. The predicted molar refractivity (Wildman–Crippen MR) is 143 cm³/mol. The fourth-order valence-corrected chi connectivity index (χ4v) is 5.45. The summed E-state index contributed by atoms with van der Waals surface area (Å²) in [7, 11) is 0. The first-order valence-electron chi connectivity index (χ1n) is 11.7. The number of hydrogen-bond acceptors (Lipinski definition) is 6. The average Bonchev–Trinajstić information content (AvgIpc) is 3.41. The molecule has 1 fully saturated rings. The van der Waals surface area contributed by atoms with Crippen LogP contribution in [0.25, 0.3) is 16.0 Å². The van der Waals surface area contributed by atoms with Crippen molar-refractivity contribution in [2.75, 3.05) is 11.5 Å². The number of aliphatic hydroxyl groups excluding tert-OH is 1. The Kier molecular flexibility index (Phi) is 6.95. The number of fused-ring (bicyclic) bond motifs is 1. The fraction of sp³-hybridized carbons (Fsp3) is 0.179. The minimum atomic E-state index is -0.992. The van der Waals surface area contributed by atoms with Crippen molar-refractivity contribution in [2.24, 2.45) is 0 Å². The number of amides is 1. The molecule has 0 saturated carbocycles. The number of nitrogens with zero attached hydrogens (tertiary/aromatic N) is 2. The van der Waals surface area contributed by atoms with Gasteiger partial charge in [-0.05, 0) is 54.4 Å².